The number of nitrogens with one attached hydrogen (secondary N) is 1. The summed E-state index contributed by atoms with van der Waals surface area (Å²) >= 11 is 6.21. The molecule has 0 spiro atoms. The van der Waals surface area contributed by atoms with Gasteiger partial charge in [0, 0.05) is 24.1 Å². The van der Waals surface area contributed by atoms with Crippen LogP contribution in [-0.2, 0) is 9.59 Å². The molecule has 7 heteroatoms. The van der Waals surface area contributed by atoms with Crippen LogP contribution >= 0.6 is 11.6 Å². The summed E-state index contributed by atoms with van der Waals surface area (Å²) in [4.78, 5) is 26.9. The lowest BCUT2D eigenvalue weighted by Crippen LogP contribution is -2.34. The fourth-order valence-electron chi connectivity index (χ4n) is 3.36. The standard InChI is InChI=1S/C21H23ClN2O4/c1-13(16-6-4-5-7-17(16)22)23-21(26)14-10-20(25)24(12-14)18-9-8-15(27-2)11-19(18)28-3/h4-9,11,13-14H,10,12H2,1-3H3,(H,23,26). The molecule has 0 radical (unpaired) electrons. The molecule has 1 aliphatic rings. The van der Waals surface area contributed by atoms with Gasteiger partial charge in [0.25, 0.3) is 0 Å². The number of hydrogen-bond acceptors (Lipinski definition) is 4. The highest BCUT2D eigenvalue weighted by Crippen LogP contribution is 2.36. The number of carbonyl (C=O) groups is 2. The van der Waals surface area contributed by atoms with Gasteiger partial charge in [-0.2, -0.15) is 0 Å². The van der Waals surface area contributed by atoms with E-state index in [4.69, 9.17) is 21.1 Å². The summed E-state index contributed by atoms with van der Waals surface area (Å²) in [6, 6.07) is 12.4. The predicted octanol–water partition coefficient (Wildman–Crippen LogP) is 3.59. The number of methoxy groups -OCH3 is 2. The lowest BCUT2D eigenvalue weighted by Gasteiger charge is -2.21. The number of anilines is 1. The Hall–Kier alpha value is -2.73. The molecule has 2 amide bonds. The number of halogens is 1. The summed E-state index contributed by atoms with van der Waals surface area (Å²) in [6.45, 7) is 2.17. The topological polar surface area (TPSA) is 67.9 Å². The van der Waals surface area contributed by atoms with Crippen molar-refractivity contribution in [1.29, 1.82) is 0 Å². The molecule has 0 bridgehead atoms. The lowest BCUT2D eigenvalue weighted by molar-refractivity contribution is -0.126. The Bertz CT molecular complexity index is 886. The third-order valence-corrected chi connectivity index (χ3v) is 5.25. The van der Waals surface area contributed by atoms with Gasteiger partial charge in [-0.25, -0.2) is 0 Å². The maximum Gasteiger partial charge on any atom is 0.227 e. The van der Waals surface area contributed by atoms with Crippen molar-refractivity contribution in [2.24, 2.45) is 5.92 Å². The van der Waals surface area contributed by atoms with Crippen LogP contribution in [-0.4, -0.2) is 32.6 Å². The molecule has 0 aliphatic carbocycles. The normalized spacial score (nSPS) is 17.4. The van der Waals surface area contributed by atoms with Crippen molar-refractivity contribution in [3.63, 3.8) is 0 Å². The van der Waals surface area contributed by atoms with Crippen LogP contribution in [0.5, 0.6) is 11.5 Å². The van der Waals surface area contributed by atoms with Gasteiger partial charge in [-0.3, -0.25) is 9.59 Å². The van der Waals surface area contributed by atoms with E-state index in [1.165, 1.54) is 7.11 Å². The molecule has 3 rings (SSSR count). The quantitative estimate of drug-likeness (QED) is 0.801. The van der Waals surface area contributed by atoms with Crippen LogP contribution in [0.3, 0.4) is 0 Å². The Morgan fingerprint density at radius 1 is 1.21 bits per heavy atom. The summed E-state index contributed by atoms with van der Waals surface area (Å²) < 4.78 is 10.6. The Kier molecular flexibility index (Phi) is 6.09. The summed E-state index contributed by atoms with van der Waals surface area (Å²) in [5.41, 5.74) is 1.47. The third kappa shape index (κ3) is 4.07. The minimum absolute atomic E-state index is 0.117. The lowest BCUT2D eigenvalue weighted by atomic mass is 10.0. The highest BCUT2D eigenvalue weighted by molar-refractivity contribution is 6.31. The van der Waals surface area contributed by atoms with Crippen LogP contribution < -0.4 is 19.7 Å². The monoisotopic (exact) mass is 402 g/mol. The van der Waals surface area contributed by atoms with Crippen molar-refractivity contribution in [3.8, 4) is 11.5 Å². The highest BCUT2D eigenvalue weighted by Gasteiger charge is 2.36. The van der Waals surface area contributed by atoms with E-state index in [0.29, 0.717) is 28.8 Å². The number of benzene rings is 2. The molecular weight excluding hydrogens is 380 g/mol. The smallest absolute Gasteiger partial charge is 0.227 e. The van der Waals surface area contributed by atoms with Gasteiger partial charge in [-0.05, 0) is 30.7 Å². The molecule has 2 aromatic carbocycles. The van der Waals surface area contributed by atoms with Gasteiger partial charge in [-0.1, -0.05) is 29.8 Å². The second kappa shape index (κ2) is 8.52. The van der Waals surface area contributed by atoms with Gasteiger partial charge < -0.3 is 19.7 Å². The molecule has 148 valence electrons. The molecule has 28 heavy (non-hydrogen) atoms. The first-order valence-corrected chi connectivity index (χ1v) is 9.39. The van der Waals surface area contributed by atoms with Crippen molar-refractivity contribution >= 4 is 29.1 Å². The van der Waals surface area contributed by atoms with E-state index >= 15 is 0 Å². The first-order chi connectivity index (χ1) is 13.4. The second-order valence-corrected chi connectivity index (χ2v) is 7.10. The number of carbonyl (C=O) groups excluding carboxylic acids is 2. The van der Waals surface area contributed by atoms with Crippen LogP contribution in [0, 0.1) is 5.92 Å². The van der Waals surface area contributed by atoms with E-state index in [1.54, 1.807) is 36.3 Å². The number of nitrogens with zero attached hydrogens (tertiary/aromatic N) is 1. The van der Waals surface area contributed by atoms with E-state index < -0.39 is 5.92 Å². The zero-order valence-corrected chi connectivity index (χ0v) is 16.8. The van der Waals surface area contributed by atoms with E-state index in [2.05, 4.69) is 5.32 Å². The van der Waals surface area contributed by atoms with Gasteiger partial charge in [0.05, 0.1) is 31.9 Å². The Morgan fingerprint density at radius 3 is 2.64 bits per heavy atom. The van der Waals surface area contributed by atoms with Crippen LogP contribution in [0.1, 0.15) is 24.9 Å². The van der Waals surface area contributed by atoms with Crippen molar-refractivity contribution in [2.45, 2.75) is 19.4 Å². The molecule has 0 saturated carbocycles. The van der Waals surface area contributed by atoms with Crippen LogP contribution in [0.15, 0.2) is 42.5 Å². The average Bonchev–Trinajstić information content (AvgIpc) is 3.09. The molecule has 0 aromatic heterocycles. The minimum Gasteiger partial charge on any atom is -0.497 e. The predicted molar refractivity (Wildman–Crippen MR) is 108 cm³/mol. The zero-order valence-electron chi connectivity index (χ0n) is 16.1. The fourth-order valence-corrected chi connectivity index (χ4v) is 3.66. The number of amides is 2. The Balaban J connectivity index is 1.72. The molecule has 2 atom stereocenters. The summed E-state index contributed by atoms with van der Waals surface area (Å²) in [5.74, 6) is 0.433. The van der Waals surface area contributed by atoms with Crippen molar-refractivity contribution in [1.82, 2.24) is 5.32 Å². The van der Waals surface area contributed by atoms with Gasteiger partial charge in [-0.15, -0.1) is 0 Å². The van der Waals surface area contributed by atoms with Crippen molar-refractivity contribution < 1.29 is 19.1 Å². The van der Waals surface area contributed by atoms with E-state index in [1.807, 2.05) is 25.1 Å². The van der Waals surface area contributed by atoms with Gasteiger partial charge in [0.2, 0.25) is 11.8 Å². The van der Waals surface area contributed by atoms with Crippen LogP contribution in [0.4, 0.5) is 5.69 Å². The third-order valence-electron chi connectivity index (χ3n) is 4.90. The van der Waals surface area contributed by atoms with E-state index in [-0.39, 0.29) is 24.3 Å². The van der Waals surface area contributed by atoms with Crippen molar-refractivity contribution in [2.75, 3.05) is 25.7 Å². The first kappa shape index (κ1) is 20.0. The average molecular weight is 403 g/mol. The summed E-state index contributed by atoms with van der Waals surface area (Å²) in [6.07, 6.45) is 0.149. The van der Waals surface area contributed by atoms with Crippen LogP contribution in [0.2, 0.25) is 5.02 Å². The molecule has 1 fully saturated rings. The molecule has 1 N–H and O–H groups in total. The molecule has 1 aliphatic heterocycles. The number of hydrogen-bond donors (Lipinski definition) is 1. The fraction of sp³-hybridized carbons (Fsp3) is 0.333. The van der Waals surface area contributed by atoms with Crippen LogP contribution in [0.25, 0.3) is 0 Å². The zero-order chi connectivity index (χ0) is 20.3. The molecule has 2 unspecified atom stereocenters. The van der Waals surface area contributed by atoms with E-state index in [0.717, 1.165) is 5.56 Å². The number of rotatable bonds is 6. The second-order valence-electron chi connectivity index (χ2n) is 6.69. The summed E-state index contributed by atoms with van der Waals surface area (Å²) in [7, 11) is 3.10. The molecule has 1 saturated heterocycles. The van der Waals surface area contributed by atoms with Crippen molar-refractivity contribution in [3.05, 3.63) is 53.1 Å². The Labute approximate surface area is 169 Å². The molecule has 2 aromatic rings. The maximum absolute atomic E-state index is 12.7. The summed E-state index contributed by atoms with van der Waals surface area (Å²) in [5, 5.41) is 3.56. The Morgan fingerprint density at radius 2 is 1.96 bits per heavy atom. The maximum atomic E-state index is 12.7. The molecule has 6 nitrogen and oxygen atoms in total. The van der Waals surface area contributed by atoms with Gasteiger partial charge >= 0.3 is 0 Å². The highest BCUT2D eigenvalue weighted by atomic mass is 35.5. The van der Waals surface area contributed by atoms with E-state index in [9.17, 15) is 9.59 Å². The molecular formula is C21H23ClN2O4. The SMILES string of the molecule is COc1ccc(N2CC(C(=O)NC(C)c3ccccc3Cl)CC2=O)c(OC)c1. The van der Waals surface area contributed by atoms with Gasteiger partial charge in [0.1, 0.15) is 11.5 Å². The molecule has 1 heterocycles. The minimum atomic E-state index is -0.441. The first-order valence-electron chi connectivity index (χ1n) is 9.01. The largest absolute Gasteiger partial charge is 0.497 e. The number of ether oxygens (including phenoxy) is 2. The van der Waals surface area contributed by atoms with Gasteiger partial charge in [0.15, 0.2) is 0 Å².